The molecule has 1 heterocycles. The van der Waals surface area contributed by atoms with E-state index in [1.165, 1.54) is 0 Å². The van der Waals surface area contributed by atoms with E-state index in [-0.39, 0.29) is 25.3 Å². The maximum Gasteiger partial charge on any atom is 0.326 e. The Labute approximate surface area is 293 Å². The topological polar surface area (TPSA) is 282 Å². The van der Waals surface area contributed by atoms with Gasteiger partial charge in [0, 0.05) is 37.7 Å². The summed E-state index contributed by atoms with van der Waals surface area (Å²) in [5.41, 5.74) is 1.82. The third-order valence-electron chi connectivity index (χ3n) is 6.97. The van der Waals surface area contributed by atoms with Crippen LogP contribution in [0.1, 0.15) is 38.5 Å². The molecular weight excluding hydrogens is 676 g/mol. The number of urea groups is 2. The second kappa shape index (κ2) is 23.9. The first kappa shape index (κ1) is 41.8. The minimum Gasteiger partial charge on any atom is -0.481 e. The Morgan fingerprint density at radius 1 is 0.804 bits per heavy atom. The third kappa shape index (κ3) is 18.3. The largest absolute Gasteiger partial charge is 0.481 e. The van der Waals surface area contributed by atoms with Crippen LogP contribution in [0.3, 0.4) is 0 Å². The van der Waals surface area contributed by atoms with Crippen LogP contribution in [-0.4, -0.2) is 132 Å². The average Bonchev–Trinajstić information content (AvgIpc) is 3.57. The third-order valence-corrected chi connectivity index (χ3v) is 6.97. The number of carboxylic acid groups (broad SMARTS) is 3. The Balaban J connectivity index is 1.65. The molecule has 0 aliphatic rings. The molecule has 0 bridgehead atoms. The molecule has 0 saturated carbocycles. The van der Waals surface area contributed by atoms with Gasteiger partial charge in [-0.3, -0.25) is 9.59 Å². The van der Waals surface area contributed by atoms with Crippen LogP contribution < -0.4 is 26.6 Å². The highest BCUT2D eigenvalue weighted by molar-refractivity contribution is 5.90. The van der Waals surface area contributed by atoms with Gasteiger partial charge in [0.05, 0.1) is 52.4 Å². The van der Waals surface area contributed by atoms with Gasteiger partial charge in [-0.1, -0.05) is 17.3 Å². The highest BCUT2D eigenvalue weighted by Crippen LogP contribution is 2.20. The fourth-order valence-electron chi connectivity index (χ4n) is 4.28. The van der Waals surface area contributed by atoms with Gasteiger partial charge in [0.1, 0.15) is 17.8 Å². The zero-order valence-corrected chi connectivity index (χ0v) is 28.3. The number of benzene rings is 1. The van der Waals surface area contributed by atoms with E-state index in [0.29, 0.717) is 76.8 Å². The van der Waals surface area contributed by atoms with Gasteiger partial charge in [0.25, 0.3) is 0 Å². The number of hydrogen-bond acceptors (Lipinski definition) is 11. The highest BCUT2D eigenvalue weighted by atomic mass is 16.5. The molecule has 2 rings (SSSR count). The molecule has 51 heavy (non-hydrogen) atoms. The predicted octanol–water partition coefficient (Wildman–Crippen LogP) is 0.493. The molecule has 0 aliphatic carbocycles. The average molecular weight is 723 g/mol. The lowest BCUT2D eigenvalue weighted by molar-refractivity contribution is -0.141. The van der Waals surface area contributed by atoms with Crippen molar-refractivity contribution in [2.24, 2.45) is 0 Å². The minimum absolute atomic E-state index is 0.00136. The highest BCUT2D eigenvalue weighted by Gasteiger charge is 2.24. The zero-order chi connectivity index (χ0) is 37.4. The summed E-state index contributed by atoms with van der Waals surface area (Å²) in [5.74, 6) is -4.10. The van der Waals surface area contributed by atoms with E-state index in [4.69, 9.17) is 24.4 Å². The Kier molecular flexibility index (Phi) is 19.6. The molecule has 0 fully saturated rings. The Bertz CT molecular complexity index is 1420. The van der Waals surface area contributed by atoms with Crippen molar-refractivity contribution in [3.05, 3.63) is 30.5 Å². The number of nitrogens with one attached hydrogen (secondary N) is 5. The van der Waals surface area contributed by atoms with Crippen molar-refractivity contribution in [2.75, 3.05) is 58.6 Å². The van der Waals surface area contributed by atoms with Crippen LogP contribution in [0, 0.1) is 0 Å². The number of rotatable bonds is 26. The van der Waals surface area contributed by atoms with Crippen molar-refractivity contribution in [1.29, 1.82) is 0 Å². The van der Waals surface area contributed by atoms with E-state index in [1.54, 1.807) is 36.1 Å². The smallest absolute Gasteiger partial charge is 0.326 e. The number of ether oxygens (including phenoxy) is 3. The maximum absolute atomic E-state index is 12.4. The summed E-state index contributed by atoms with van der Waals surface area (Å²) in [6.07, 6.45) is 1.89. The fraction of sp³-hybridized carbons (Fsp3) is 0.548. The number of nitrogens with zero attached hydrogens (tertiary/aromatic N) is 3. The first-order chi connectivity index (χ1) is 24.5. The zero-order valence-electron chi connectivity index (χ0n) is 28.3. The number of hydrogen-bond donors (Lipinski definition) is 8. The Morgan fingerprint density at radius 3 is 2.10 bits per heavy atom. The normalized spacial score (nSPS) is 11.9. The van der Waals surface area contributed by atoms with Gasteiger partial charge >= 0.3 is 30.0 Å². The monoisotopic (exact) mass is 722 g/mol. The number of carbonyl (C=O) groups is 6. The number of aliphatic carboxylic acids is 3. The molecule has 1 aromatic heterocycles. The van der Waals surface area contributed by atoms with Gasteiger partial charge in [0.15, 0.2) is 0 Å². The Morgan fingerprint density at radius 2 is 1.45 bits per heavy atom. The van der Waals surface area contributed by atoms with Crippen molar-refractivity contribution in [3.63, 3.8) is 0 Å². The Hall–Kier alpha value is -5.34. The van der Waals surface area contributed by atoms with Gasteiger partial charge in [-0.15, -0.1) is 5.10 Å². The molecule has 1 aromatic carbocycles. The van der Waals surface area contributed by atoms with Gasteiger partial charge in [0.2, 0.25) is 5.91 Å². The van der Waals surface area contributed by atoms with Gasteiger partial charge in [-0.2, -0.15) is 0 Å². The quantitative estimate of drug-likeness (QED) is 0.0614. The van der Waals surface area contributed by atoms with Crippen molar-refractivity contribution < 1.29 is 58.3 Å². The minimum atomic E-state index is -1.50. The molecule has 20 nitrogen and oxygen atoms in total. The van der Waals surface area contributed by atoms with Crippen molar-refractivity contribution in [2.45, 2.75) is 57.2 Å². The van der Waals surface area contributed by atoms with Gasteiger partial charge < -0.3 is 56.1 Å². The van der Waals surface area contributed by atoms with Crippen LogP contribution >= 0.6 is 0 Å². The molecule has 0 aliphatic heterocycles. The second-order valence-corrected chi connectivity index (χ2v) is 10.9. The summed E-state index contributed by atoms with van der Waals surface area (Å²) in [6.45, 7) is 2.98. The number of anilines is 1. The van der Waals surface area contributed by atoms with Crippen molar-refractivity contribution in [3.8, 4) is 11.3 Å². The van der Waals surface area contributed by atoms with E-state index in [2.05, 4.69) is 36.9 Å². The van der Waals surface area contributed by atoms with Crippen LogP contribution in [-0.2, 0) is 39.9 Å². The van der Waals surface area contributed by atoms with E-state index < -0.39 is 48.5 Å². The molecule has 0 radical (unpaired) electrons. The molecule has 2 unspecified atom stereocenters. The van der Waals surface area contributed by atoms with Crippen molar-refractivity contribution >= 4 is 41.6 Å². The fourth-order valence-corrected chi connectivity index (χ4v) is 4.28. The lowest BCUT2D eigenvalue weighted by atomic mass is 10.1. The number of aromatic nitrogens is 3. The number of unbranched alkanes of at least 4 members (excludes halogenated alkanes) is 1. The molecular formula is C31H46N8O12. The van der Waals surface area contributed by atoms with Crippen LogP contribution in [0.2, 0.25) is 0 Å². The first-order valence-corrected chi connectivity index (χ1v) is 16.2. The van der Waals surface area contributed by atoms with Crippen LogP contribution in [0.15, 0.2) is 30.5 Å². The number of amides is 5. The van der Waals surface area contributed by atoms with E-state index in [1.807, 2.05) is 6.07 Å². The molecule has 8 N–H and O–H groups in total. The summed E-state index contributed by atoms with van der Waals surface area (Å²) in [4.78, 5) is 69.2. The summed E-state index contributed by atoms with van der Waals surface area (Å²) in [5, 5.41) is 47.8. The van der Waals surface area contributed by atoms with E-state index in [9.17, 15) is 33.9 Å². The lowest BCUT2D eigenvalue weighted by Crippen LogP contribution is -2.51. The summed E-state index contributed by atoms with van der Waals surface area (Å²) in [7, 11) is 1.57. The SMILES string of the molecule is CNC(=O)CCOCCOCCOCCn1cc(-c2cccc(NC(=O)NCCCCC(NC(=O)NC(CCC(=O)O)C(=O)O)C(=O)O)c2)nn1. The molecule has 20 heteroatoms. The van der Waals surface area contributed by atoms with E-state index >= 15 is 0 Å². The molecule has 282 valence electrons. The predicted molar refractivity (Wildman–Crippen MR) is 179 cm³/mol. The number of carboxylic acids is 3. The van der Waals surface area contributed by atoms with Crippen LogP contribution in [0.5, 0.6) is 0 Å². The van der Waals surface area contributed by atoms with Crippen molar-refractivity contribution in [1.82, 2.24) is 36.3 Å². The first-order valence-electron chi connectivity index (χ1n) is 16.2. The summed E-state index contributed by atoms with van der Waals surface area (Å²) >= 11 is 0. The molecule has 2 atom stereocenters. The summed E-state index contributed by atoms with van der Waals surface area (Å²) in [6, 6.07) is 2.63. The molecule has 2 aromatic rings. The molecule has 5 amide bonds. The maximum atomic E-state index is 12.4. The molecule has 0 spiro atoms. The lowest BCUT2D eigenvalue weighted by Gasteiger charge is -2.18. The standard InChI is InChI=1S/C31H46N8O12/c1-32-26(40)10-13-49-15-17-51-18-16-50-14-12-39-20-25(37-38-39)21-5-4-6-22(19-21)34-30(47)33-11-3-2-7-23(28(43)44)35-31(48)36-24(29(45)46)8-9-27(41)42/h4-6,19-20,23-24H,2-3,7-18H2,1H3,(H,32,40)(H,41,42)(H,43,44)(H,45,46)(H2,33,34,47)(H2,35,36,48). The summed E-state index contributed by atoms with van der Waals surface area (Å²) < 4.78 is 17.9. The van der Waals surface area contributed by atoms with Gasteiger partial charge in [-0.05, 0) is 37.8 Å². The van der Waals surface area contributed by atoms with Gasteiger partial charge in [-0.25, -0.2) is 23.9 Å². The molecule has 0 saturated heterocycles. The number of carbonyl (C=O) groups excluding carboxylic acids is 3. The van der Waals surface area contributed by atoms with Crippen LogP contribution in [0.25, 0.3) is 11.3 Å². The van der Waals surface area contributed by atoms with Crippen LogP contribution in [0.4, 0.5) is 15.3 Å². The van der Waals surface area contributed by atoms with E-state index in [0.717, 1.165) is 5.56 Å². The second-order valence-electron chi connectivity index (χ2n) is 10.9.